The van der Waals surface area contributed by atoms with Crippen molar-refractivity contribution < 1.29 is 4.79 Å². The standard InChI is InChI=1S/C20H27N5O/c1-5-13(2)19(25-20(26)18(22-4)14(3)11-21)24-12-15-6-7-17-16(10-15)8-9-23-17/h6-11,23-24H,5,12,21H2,1-4H3,(H,25,26)/b14-11?,19-13-,22-18?. The SMILES string of the molecule is CC/C(C)=C(/NCc1ccc2[nH]ccc2c1)NC(=O)C(=NC)C(C)=CN. The predicted molar refractivity (Wildman–Crippen MR) is 108 cm³/mol. The summed E-state index contributed by atoms with van der Waals surface area (Å²) >= 11 is 0. The Morgan fingerprint density at radius 3 is 2.73 bits per heavy atom. The van der Waals surface area contributed by atoms with Crippen molar-refractivity contribution >= 4 is 22.5 Å². The summed E-state index contributed by atoms with van der Waals surface area (Å²) in [7, 11) is 1.58. The zero-order valence-electron chi connectivity index (χ0n) is 15.8. The van der Waals surface area contributed by atoms with Gasteiger partial charge in [0.1, 0.15) is 11.5 Å². The normalized spacial score (nSPS) is 13.5. The van der Waals surface area contributed by atoms with E-state index in [9.17, 15) is 4.79 Å². The number of amides is 1. The van der Waals surface area contributed by atoms with Gasteiger partial charge in [-0.25, -0.2) is 0 Å². The molecule has 0 atom stereocenters. The van der Waals surface area contributed by atoms with Gasteiger partial charge in [0, 0.05) is 25.3 Å². The average Bonchev–Trinajstić information content (AvgIpc) is 3.12. The van der Waals surface area contributed by atoms with Crippen LogP contribution in [0.1, 0.15) is 32.8 Å². The number of carbonyl (C=O) groups is 1. The van der Waals surface area contributed by atoms with E-state index in [0.717, 1.165) is 28.5 Å². The van der Waals surface area contributed by atoms with E-state index < -0.39 is 0 Å². The molecule has 0 aliphatic rings. The summed E-state index contributed by atoms with van der Waals surface area (Å²) in [6, 6.07) is 8.28. The quantitative estimate of drug-likeness (QED) is 0.576. The summed E-state index contributed by atoms with van der Waals surface area (Å²) in [5.41, 5.74) is 9.78. The summed E-state index contributed by atoms with van der Waals surface area (Å²) in [4.78, 5) is 19.8. The lowest BCUT2D eigenvalue weighted by atomic mass is 10.1. The predicted octanol–water partition coefficient (Wildman–Crippen LogP) is 2.95. The van der Waals surface area contributed by atoms with Crippen LogP contribution in [-0.2, 0) is 11.3 Å². The van der Waals surface area contributed by atoms with Crippen molar-refractivity contribution in [2.75, 3.05) is 7.05 Å². The van der Waals surface area contributed by atoms with Crippen molar-refractivity contribution in [3.05, 3.63) is 59.2 Å². The number of rotatable bonds is 7. The molecule has 1 amide bonds. The molecular weight excluding hydrogens is 326 g/mol. The summed E-state index contributed by atoms with van der Waals surface area (Å²) < 4.78 is 0. The fraction of sp³-hybridized carbons (Fsp3) is 0.300. The number of aliphatic imine (C=N–C) groups is 1. The first-order valence-electron chi connectivity index (χ1n) is 8.66. The Morgan fingerprint density at radius 2 is 2.08 bits per heavy atom. The molecule has 138 valence electrons. The molecule has 0 unspecified atom stereocenters. The highest BCUT2D eigenvalue weighted by Crippen LogP contribution is 2.14. The Hall–Kier alpha value is -3.02. The molecule has 0 bridgehead atoms. The van der Waals surface area contributed by atoms with Gasteiger partial charge in [-0.3, -0.25) is 9.79 Å². The number of benzene rings is 1. The molecule has 0 radical (unpaired) electrons. The molecule has 1 aromatic carbocycles. The zero-order valence-corrected chi connectivity index (χ0v) is 15.8. The van der Waals surface area contributed by atoms with Crippen LogP contribution in [0.2, 0.25) is 0 Å². The Bertz CT molecular complexity index is 873. The Labute approximate surface area is 154 Å². The van der Waals surface area contributed by atoms with Gasteiger partial charge >= 0.3 is 0 Å². The Morgan fingerprint density at radius 1 is 1.31 bits per heavy atom. The molecule has 0 fully saturated rings. The van der Waals surface area contributed by atoms with Gasteiger partial charge < -0.3 is 21.4 Å². The molecule has 2 rings (SSSR count). The maximum atomic E-state index is 12.5. The molecule has 0 saturated heterocycles. The smallest absolute Gasteiger partial charge is 0.275 e. The van der Waals surface area contributed by atoms with Crippen molar-refractivity contribution in [2.45, 2.75) is 33.7 Å². The maximum absolute atomic E-state index is 12.5. The molecule has 5 N–H and O–H groups in total. The molecule has 1 heterocycles. The van der Waals surface area contributed by atoms with Crippen LogP contribution in [0.25, 0.3) is 10.9 Å². The van der Waals surface area contributed by atoms with E-state index >= 15 is 0 Å². The summed E-state index contributed by atoms with van der Waals surface area (Å²) in [5, 5.41) is 7.44. The van der Waals surface area contributed by atoms with Crippen LogP contribution in [0, 0.1) is 0 Å². The number of fused-ring (bicyclic) bond motifs is 1. The number of H-pyrrole nitrogens is 1. The van der Waals surface area contributed by atoms with Crippen LogP contribution in [0.3, 0.4) is 0 Å². The fourth-order valence-corrected chi connectivity index (χ4v) is 2.59. The highest BCUT2D eigenvalue weighted by Gasteiger charge is 2.15. The topological polar surface area (TPSA) is 95.3 Å². The van der Waals surface area contributed by atoms with E-state index in [-0.39, 0.29) is 5.91 Å². The van der Waals surface area contributed by atoms with E-state index in [0.29, 0.717) is 23.7 Å². The number of hydrogen-bond acceptors (Lipinski definition) is 4. The third-order valence-corrected chi connectivity index (χ3v) is 4.34. The van der Waals surface area contributed by atoms with Gasteiger partial charge in [0.2, 0.25) is 0 Å². The van der Waals surface area contributed by atoms with E-state index in [4.69, 9.17) is 5.73 Å². The number of nitrogens with one attached hydrogen (secondary N) is 3. The van der Waals surface area contributed by atoms with Crippen LogP contribution < -0.4 is 16.4 Å². The van der Waals surface area contributed by atoms with Gasteiger partial charge in [-0.15, -0.1) is 0 Å². The van der Waals surface area contributed by atoms with E-state index in [1.54, 1.807) is 14.0 Å². The average molecular weight is 353 g/mol. The highest BCUT2D eigenvalue weighted by molar-refractivity contribution is 6.45. The molecule has 1 aromatic heterocycles. The largest absolute Gasteiger partial charge is 0.404 e. The van der Waals surface area contributed by atoms with Gasteiger partial charge in [0.05, 0.1) is 0 Å². The lowest BCUT2D eigenvalue weighted by Crippen LogP contribution is -2.37. The number of aromatic nitrogens is 1. The van der Waals surface area contributed by atoms with Gasteiger partial charge in [0.25, 0.3) is 5.91 Å². The van der Waals surface area contributed by atoms with E-state index in [2.05, 4.69) is 45.7 Å². The lowest BCUT2D eigenvalue weighted by molar-refractivity contribution is -0.114. The van der Waals surface area contributed by atoms with Crippen molar-refractivity contribution in [1.82, 2.24) is 15.6 Å². The highest BCUT2D eigenvalue weighted by atomic mass is 16.2. The molecular formula is C20H27N5O. The van der Waals surface area contributed by atoms with Crippen LogP contribution in [0.5, 0.6) is 0 Å². The first kappa shape index (κ1) is 19.3. The molecule has 6 nitrogen and oxygen atoms in total. The second-order valence-electron chi connectivity index (χ2n) is 6.14. The number of nitrogens with two attached hydrogens (primary N) is 1. The monoisotopic (exact) mass is 353 g/mol. The molecule has 0 aliphatic heterocycles. The first-order chi connectivity index (χ1) is 12.5. The van der Waals surface area contributed by atoms with Crippen molar-refractivity contribution in [3.63, 3.8) is 0 Å². The second-order valence-corrected chi connectivity index (χ2v) is 6.14. The number of hydrogen-bond donors (Lipinski definition) is 4. The van der Waals surface area contributed by atoms with Crippen LogP contribution >= 0.6 is 0 Å². The second kappa shape index (κ2) is 8.89. The summed E-state index contributed by atoms with van der Waals surface area (Å²) in [5.74, 6) is 0.431. The van der Waals surface area contributed by atoms with Crippen molar-refractivity contribution in [3.8, 4) is 0 Å². The molecule has 6 heteroatoms. The van der Waals surface area contributed by atoms with Crippen LogP contribution in [-0.4, -0.2) is 23.7 Å². The lowest BCUT2D eigenvalue weighted by Gasteiger charge is -2.16. The maximum Gasteiger partial charge on any atom is 0.275 e. The molecule has 26 heavy (non-hydrogen) atoms. The first-order valence-corrected chi connectivity index (χ1v) is 8.66. The van der Waals surface area contributed by atoms with Crippen LogP contribution in [0.4, 0.5) is 0 Å². The number of aromatic amines is 1. The van der Waals surface area contributed by atoms with Gasteiger partial charge in [-0.2, -0.15) is 0 Å². The summed E-state index contributed by atoms with van der Waals surface area (Å²) in [6.07, 6.45) is 4.13. The molecule has 2 aromatic rings. The fourth-order valence-electron chi connectivity index (χ4n) is 2.59. The van der Waals surface area contributed by atoms with E-state index in [1.165, 1.54) is 6.20 Å². The van der Waals surface area contributed by atoms with Crippen molar-refractivity contribution in [1.29, 1.82) is 0 Å². The molecule has 0 aliphatic carbocycles. The molecule has 0 spiro atoms. The number of allylic oxidation sites excluding steroid dienone is 1. The minimum absolute atomic E-state index is 0.275. The third kappa shape index (κ3) is 4.53. The van der Waals surface area contributed by atoms with Gasteiger partial charge in [0.15, 0.2) is 0 Å². The van der Waals surface area contributed by atoms with Gasteiger partial charge in [-0.05, 0) is 66.8 Å². The van der Waals surface area contributed by atoms with Crippen molar-refractivity contribution in [2.24, 2.45) is 10.7 Å². The van der Waals surface area contributed by atoms with Gasteiger partial charge in [-0.1, -0.05) is 13.0 Å². The molecule has 0 saturated carbocycles. The summed E-state index contributed by atoms with van der Waals surface area (Å²) in [6.45, 7) is 6.41. The number of nitrogens with zero attached hydrogens (tertiary/aromatic N) is 1. The Balaban J connectivity index is 2.14. The minimum Gasteiger partial charge on any atom is -0.404 e. The van der Waals surface area contributed by atoms with E-state index in [1.807, 2.05) is 19.2 Å². The Kier molecular flexibility index (Phi) is 6.60. The minimum atomic E-state index is -0.275. The van der Waals surface area contributed by atoms with Crippen LogP contribution in [0.15, 0.2) is 58.6 Å². The number of carbonyl (C=O) groups excluding carboxylic acids is 1. The zero-order chi connectivity index (χ0) is 19.1. The third-order valence-electron chi connectivity index (χ3n) is 4.34.